The van der Waals surface area contributed by atoms with Gasteiger partial charge in [0.2, 0.25) is 0 Å². The molecule has 1 unspecified atom stereocenters. The molecular formula is C14H16BrN3. The fourth-order valence-electron chi connectivity index (χ4n) is 2.53. The van der Waals surface area contributed by atoms with Crippen LogP contribution in [0.15, 0.2) is 34.8 Å². The molecule has 0 spiro atoms. The first-order valence-electron chi connectivity index (χ1n) is 6.27. The smallest absolute Gasteiger partial charge is 0.0926 e. The van der Waals surface area contributed by atoms with Gasteiger partial charge >= 0.3 is 0 Å². The molecular weight excluding hydrogens is 290 g/mol. The highest BCUT2D eigenvalue weighted by atomic mass is 79.9. The third-order valence-corrected chi connectivity index (χ3v) is 3.95. The van der Waals surface area contributed by atoms with Crippen molar-refractivity contribution in [3.05, 3.63) is 40.5 Å². The van der Waals surface area contributed by atoms with Crippen LogP contribution in [0.1, 0.15) is 24.6 Å². The van der Waals surface area contributed by atoms with Crippen LogP contribution in [0, 0.1) is 0 Å². The van der Waals surface area contributed by atoms with E-state index >= 15 is 0 Å². The Hall–Kier alpha value is -1.13. The lowest BCUT2D eigenvalue weighted by molar-refractivity contribution is 0.574. The normalized spacial score (nSPS) is 19.3. The number of rotatable bonds is 2. The maximum Gasteiger partial charge on any atom is 0.0926 e. The zero-order chi connectivity index (χ0) is 12.5. The van der Waals surface area contributed by atoms with Crippen molar-refractivity contribution in [2.24, 2.45) is 7.05 Å². The minimum absolute atomic E-state index is 0.461. The minimum Gasteiger partial charge on any atom is -0.309 e. The van der Waals surface area contributed by atoms with Crippen molar-refractivity contribution in [1.29, 1.82) is 0 Å². The molecule has 1 aliphatic heterocycles. The number of nitrogens with zero attached hydrogens (tertiary/aromatic N) is 2. The second-order valence-corrected chi connectivity index (χ2v) is 5.65. The van der Waals surface area contributed by atoms with E-state index in [9.17, 15) is 0 Å². The molecule has 0 amide bonds. The van der Waals surface area contributed by atoms with E-state index in [0.29, 0.717) is 6.04 Å². The number of aryl methyl sites for hydroxylation is 1. The van der Waals surface area contributed by atoms with Crippen molar-refractivity contribution in [3.8, 4) is 11.3 Å². The Morgan fingerprint density at radius 3 is 3.00 bits per heavy atom. The summed E-state index contributed by atoms with van der Waals surface area (Å²) in [7, 11) is 2.02. The van der Waals surface area contributed by atoms with E-state index in [1.807, 2.05) is 23.9 Å². The lowest BCUT2D eigenvalue weighted by Crippen LogP contribution is -2.16. The summed E-state index contributed by atoms with van der Waals surface area (Å²) in [5, 5.41) is 8.14. The summed E-state index contributed by atoms with van der Waals surface area (Å²) in [6.45, 7) is 1.11. The van der Waals surface area contributed by atoms with E-state index in [1.54, 1.807) is 0 Å². The van der Waals surface area contributed by atoms with Gasteiger partial charge in [0.05, 0.1) is 11.4 Å². The number of halogens is 1. The van der Waals surface area contributed by atoms with E-state index in [4.69, 9.17) is 0 Å². The van der Waals surface area contributed by atoms with Crippen LogP contribution >= 0.6 is 15.9 Å². The molecule has 1 fully saturated rings. The molecule has 1 saturated heterocycles. The van der Waals surface area contributed by atoms with Gasteiger partial charge in [-0.25, -0.2) is 0 Å². The first-order chi connectivity index (χ1) is 8.74. The number of hydrogen-bond acceptors (Lipinski definition) is 2. The van der Waals surface area contributed by atoms with Gasteiger partial charge in [0.1, 0.15) is 0 Å². The second-order valence-electron chi connectivity index (χ2n) is 4.74. The molecule has 1 atom stereocenters. The molecule has 1 aromatic heterocycles. The molecule has 1 aromatic carbocycles. The van der Waals surface area contributed by atoms with Crippen LogP contribution in [0.4, 0.5) is 0 Å². The summed E-state index contributed by atoms with van der Waals surface area (Å²) in [4.78, 5) is 0. The number of aromatic nitrogens is 2. The maximum absolute atomic E-state index is 4.62. The third-order valence-electron chi connectivity index (χ3n) is 3.45. The molecule has 18 heavy (non-hydrogen) atoms. The molecule has 1 N–H and O–H groups in total. The van der Waals surface area contributed by atoms with E-state index in [1.165, 1.54) is 18.5 Å². The van der Waals surface area contributed by atoms with E-state index in [2.05, 4.69) is 44.5 Å². The van der Waals surface area contributed by atoms with Crippen molar-refractivity contribution in [2.45, 2.75) is 18.9 Å². The second kappa shape index (κ2) is 4.86. The van der Waals surface area contributed by atoms with Gasteiger partial charge in [-0.3, -0.25) is 4.68 Å². The van der Waals surface area contributed by atoms with Gasteiger partial charge in [0, 0.05) is 23.1 Å². The molecule has 3 nitrogen and oxygen atoms in total. The Labute approximate surface area is 115 Å². The quantitative estimate of drug-likeness (QED) is 0.923. The van der Waals surface area contributed by atoms with Crippen LogP contribution in [-0.4, -0.2) is 16.3 Å². The van der Waals surface area contributed by atoms with E-state index in [-0.39, 0.29) is 0 Å². The Kier molecular flexibility index (Phi) is 3.22. The SMILES string of the molecule is Cn1nc(-c2cccc(Br)c2)cc1C1CCCN1. The molecule has 2 heterocycles. The summed E-state index contributed by atoms with van der Waals surface area (Å²) >= 11 is 3.50. The molecule has 94 valence electrons. The summed E-state index contributed by atoms with van der Waals surface area (Å²) < 4.78 is 3.09. The average Bonchev–Trinajstić information content (AvgIpc) is 2.97. The monoisotopic (exact) mass is 305 g/mol. The topological polar surface area (TPSA) is 29.9 Å². The van der Waals surface area contributed by atoms with Crippen LogP contribution < -0.4 is 5.32 Å². The highest BCUT2D eigenvalue weighted by Gasteiger charge is 2.20. The number of nitrogens with one attached hydrogen (secondary N) is 1. The van der Waals surface area contributed by atoms with Crippen LogP contribution in [0.5, 0.6) is 0 Å². The van der Waals surface area contributed by atoms with Gasteiger partial charge in [0.25, 0.3) is 0 Å². The lowest BCUT2D eigenvalue weighted by atomic mass is 10.1. The summed E-state index contributed by atoms with van der Waals surface area (Å²) in [5.74, 6) is 0. The zero-order valence-corrected chi connectivity index (χ0v) is 11.9. The fraction of sp³-hybridized carbons (Fsp3) is 0.357. The van der Waals surface area contributed by atoms with E-state index in [0.717, 1.165) is 22.3 Å². The van der Waals surface area contributed by atoms with Crippen LogP contribution in [0.2, 0.25) is 0 Å². The minimum atomic E-state index is 0.461. The van der Waals surface area contributed by atoms with Crippen LogP contribution in [0.3, 0.4) is 0 Å². The average molecular weight is 306 g/mol. The Morgan fingerprint density at radius 2 is 2.28 bits per heavy atom. The zero-order valence-electron chi connectivity index (χ0n) is 10.4. The largest absolute Gasteiger partial charge is 0.309 e. The van der Waals surface area contributed by atoms with Gasteiger partial charge in [-0.1, -0.05) is 28.1 Å². The van der Waals surface area contributed by atoms with Gasteiger partial charge in [0.15, 0.2) is 0 Å². The van der Waals surface area contributed by atoms with Gasteiger partial charge in [-0.05, 0) is 37.6 Å². The van der Waals surface area contributed by atoms with Crippen LogP contribution in [0.25, 0.3) is 11.3 Å². The fourth-order valence-corrected chi connectivity index (χ4v) is 2.93. The molecule has 1 aliphatic rings. The summed E-state index contributed by atoms with van der Waals surface area (Å²) in [6, 6.07) is 10.9. The summed E-state index contributed by atoms with van der Waals surface area (Å²) in [6.07, 6.45) is 2.46. The molecule has 0 radical (unpaired) electrons. The Bertz CT molecular complexity index is 556. The predicted octanol–water partition coefficient (Wildman–Crippen LogP) is 3.27. The molecule has 0 bridgehead atoms. The van der Waals surface area contributed by atoms with Crippen molar-refractivity contribution < 1.29 is 0 Å². The molecule has 4 heteroatoms. The van der Waals surface area contributed by atoms with Crippen molar-refractivity contribution in [2.75, 3.05) is 6.54 Å². The molecule has 2 aromatic rings. The molecule has 0 aliphatic carbocycles. The van der Waals surface area contributed by atoms with E-state index < -0.39 is 0 Å². The summed E-state index contributed by atoms with van der Waals surface area (Å²) in [5.41, 5.74) is 3.48. The standard InChI is InChI=1S/C14H16BrN3/c1-18-14(12-6-3-7-16-12)9-13(17-18)10-4-2-5-11(15)8-10/h2,4-5,8-9,12,16H,3,6-7H2,1H3. The number of benzene rings is 1. The first kappa shape index (κ1) is 11.9. The molecule has 0 saturated carbocycles. The van der Waals surface area contributed by atoms with Crippen molar-refractivity contribution >= 4 is 15.9 Å². The van der Waals surface area contributed by atoms with Crippen molar-refractivity contribution in [3.63, 3.8) is 0 Å². The van der Waals surface area contributed by atoms with Gasteiger partial charge in [-0.2, -0.15) is 5.10 Å². The third kappa shape index (κ3) is 2.22. The Morgan fingerprint density at radius 1 is 1.39 bits per heavy atom. The molecule has 3 rings (SSSR count). The highest BCUT2D eigenvalue weighted by molar-refractivity contribution is 9.10. The van der Waals surface area contributed by atoms with Gasteiger partial charge < -0.3 is 5.32 Å². The van der Waals surface area contributed by atoms with Crippen molar-refractivity contribution in [1.82, 2.24) is 15.1 Å². The van der Waals surface area contributed by atoms with Crippen LogP contribution in [-0.2, 0) is 7.05 Å². The number of hydrogen-bond donors (Lipinski definition) is 1. The van der Waals surface area contributed by atoms with Gasteiger partial charge in [-0.15, -0.1) is 0 Å². The Balaban J connectivity index is 1.96. The highest BCUT2D eigenvalue weighted by Crippen LogP contribution is 2.28. The maximum atomic E-state index is 4.62. The lowest BCUT2D eigenvalue weighted by Gasteiger charge is -2.09. The first-order valence-corrected chi connectivity index (χ1v) is 7.06. The predicted molar refractivity (Wildman–Crippen MR) is 76.3 cm³/mol.